The maximum atomic E-state index is 14.4. The van der Waals surface area contributed by atoms with E-state index >= 15 is 0 Å². The molecule has 286 valence electrons. The van der Waals surface area contributed by atoms with Crippen molar-refractivity contribution in [2.24, 2.45) is 11.8 Å². The van der Waals surface area contributed by atoms with E-state index in [4.69, 9.17) is 9.47 Å². The number of benzene rings is 1. The number of sulfonamides is 1. The zero-order valence-corrected chi connectivity index (χ0v) is 30.3. The Morgan fingerprint density at radius 2 is 1.79 bits per heavy atom. The van der Waals surface area contributed by atoms with Crippen LogP contribution in [0.2, 0.25) is 0 Å². The molecule has 4 aliphatic carbocycles. The molecule has 16 heteroatoms. The molecule has 0 spiro atoms. The number of carbonyl (C=O) groups is 5. The second-order valence-electron chi connectivity index (χ2n) is 15.9. The summed E-state index contributed by atoms with van der Waals surface area (Å²) in [6.07, 6.45) is 9.00. The minimum atomic E-state index is -3.92. The van der Waals surface area contributed by atoms with Crippen molar-refractivity contribution in [3.05, 3.63) is 47.3 Å². The molecule has 1 aromatic carbocycles. The quantitative estimate of drug-likeness (QED) is 0.352. The SMILES string of the molecule is O=C(N[C@H]1CCCCC/C=C\[C@@H]2C[C@@]2(C(=O)NS(=O)(=O)C2CC2)NC(=O)[C@@H]2C[C@@H](OC(=O)N3Cc4cccc(F)c4C3)CN2C1=O)OC1(C2CC2)CC1. The first kappa shape index (κ1) is 35.8. The predicted molar refractivity (Wildman–Crippen MR) is 185 cm³/mol. The van der Waals surface area contributed by atoms with E-state index in [0.29, 0.717) is 42.7 Å². The van der Waals surface area contributed by atoms with Crippen molar-refractivity contribution < 1.29 is 46.3 Å². The standard InChI is InChI=1S/C37H46FN5O9S/c38-28-9-6-7-22-19-42(21-27(22)28)35(48)51-25-17-30-31(44)40-37(33(46)41-53(49,50)26-13-14-26)18-24(37)8-4-2-1-3-5-10-29(32(45)43(30)20-25)39-34(47)52-36(15-16-36)23-11-12-23/h4,6-9,23-26,29-30H,1-3,5,10-21H2,(H,39,47)(H,40,44)(H,41,46)/b8-4-/t24-,25-,29+,30+,37-/m1/s1. The molecule has 0 unspecified atom stereocenters. The number of carbonyl (C=O) groups excluding carboxylic acids is 5. The Morgan fingerprint density at radius 1 is 1.00 bits per heavy atom. The Hall–Kier alpha value is -4.21. The van der Waals surface area contributed by atoms with Gasteiger partial charge in [0.25, 0.3) is 5.91 Å². The number of amides is 5. The first-order valence-corrected chi connectivity index (χ1v) is 20.5. The van der Waals surface area contributed by atoms with Crippen LogP contribution in [0.1, 0.15) is 94.6 Å². The van der Waals surface area contributed by atoms with Crippen LogP contribution in [0.3, 0.4) is 0 Å². The highest BCUT2D eigenvalue weighted by Crippen LogP contribution is 2.56. The molecule has 5 amide bonds. The van der Waals surface area contributed by atoms with Crippen LogP contribution in [-0.4, -0.2) is 89.2 Å². The number of allylic oxidation sites excluding steroid dienone is 1. The van der Waals surface area contributed by atoms with Gasteiger partial charge < -0.3 is 25.0 Å². The Labute approximate surface area is 307 Å². The molecule has 3 N–H and O–H groups in total. The van der Waals surface area contributed by atoms with Crippen LogP contribution in [0, 0.1) is 17.7 Å². The molecule has 5 fully saturated rings. The summed E-state index contributed by atoms with van der Waals surface area (Å²) in [5, 5.41) is 4.94. The van der Waals surface area contributed by atoms with Crippen molar-refractivity contribution in [3.8, 4) is 0 Å². The fraction of sp³-hybridized carbons (Fsp3) is 0.649. The van der Waals surface area contributed by atoms with E-state index in [9.17, 15) is 36.8 Å². The van der Waals surface area contributed by atoms with Gasteiger partial charge >= 0.3 is 12.2 Å². The molecular weight excluding hydrogens is 709 g/mol. The maximum Gasteiger partial charge on any atom is 0.410 e. The lowest BCUT2D eigenvalue weighted by molar-refractivity contribution is -0.141. The monoisotopic (exact) mass is 755 g/mol. The van der Waals surface area contributed by atoms with E-state index in [1.54, 1.807) is 12.1 Å². The molecule has 3 aliphatic heterocycles. The Bertz CT molecular complexity index is 1840. The zero-order chi connectivity index (χ0) is 37.1. The first-order chi connectivity index (χ1) is 25.4. The number of nitrogens with zero attached hydrogens (tertiary/aromatic N) is 2. The van der Waals surface area contributed by atoms with Gasteiger partial charge in [-0.3, -0.25) is 24.0 Å². The van der Waals surface area contributed by atoms with Crippen LogP contribution in [0.5, 0.6) is 0 Å². The normalized spacial score (nSPS) is 31.4. The number of halogens is 1. The summed E-state index contributed by atoms with van der Waals surface area (Å²) in [5.74, 6) is -2.64. The van der Waals surface area contributed by atoms with E-state index in [1.807, 2.05) is 12.2 Å². The van der Waals surface area contributed by atoms with Crippen LogP contribution < -0.4 is 15.4 Å². The lowest BCUT2D eigenvalue weighted by Gasteiger charge is -2.30. The van der Waals surface area contributed by atoms with Gasteiger partial charge in [-0.05, 0) is 81.8 Å². The topological polar surface area (TPSA) is 181 Å². The van der Waals surface area contributed by atoms with Crippen molar-refractivity contribution in [1.29, 1.82) is 0 Å². The minimum Gasteiger partial charge on any atom is -0.444 e. The number of hydrogen-bond acceptors (Lipinski definition) is 9. The van der Waals surface area contributed by atoms with Gasteiger partial charge in [-0.15, -0.1) is 0 Å². The number of fused-ring (bicyclic) bond motifs is 3. The third-order valence-corrected chi connectivity index (χ3v) is 13.8. The van der Waals surface area contributed by atoms with E-state index in [-0.39, 0.29) is 38.9 Å². The van der Waals surface area contributed by atoms with Crippen LogP contribution >= 0.6 is 0 Å². The molecule has 4 saturated carbocycles. The van der Waals surface area contributed by atoms with Gasteiger partial charge in [-0.2, -0.15) is 0 Å². The van der Waals surface area contributed by atoms with Crippen molar-refractivity contribution in [2.75, 3.05) is 6.54 Å². The van der Waals surface area contributed by atoms with E-state index in [0.717, 1.165) is 38.5 Å². The van der Waals surface area contributed by atoms with Gasteiger partial charge in [-0.1, -0.05) is 37.1 Å². The summed E-state index contributed by atoms with van der Waals surface area (Å²) in [4.78, 5) is 71.6. The Morgan fingerprint density at radius 3 is 2.51 bits per heavy atom. The second kappa shape index (κ2) is 13.6. The Balaban J connectivity index is 1.03. The highest BCUT2D eigenvalue weighted by atomic mass is 32.2. The van der Waals surface area contributed by atoms with Crippen LogP contribution in [0.4, 0.5) is 14.0 Å². The minimum absolute atomic E-state index is 0.00682. The third kappa shape index (κ3) is 7.35. The molecule has 0 aromatic heterocycles. The van der Waals surface area contributed by atoms with Gasteiger partial charge in [0.1, 0.15) is 35.1 Å². The zero-order valence-electron chi connectivity index (χ0n) is 29.5. The lowest BCUT2D eigenvalue weighted by atomic mass is 10.0. The number of ether oxygens (including phenoxy) is 2. The molecule has 0 radical (unpaired) electrons. The molecule has 14 nitrogen and oxygen atoms in total. The second-order valence-corrected chi connectivity index (χ2v) is 17.9. The van der Waals surface area contributed by atoms with Gasteiger partial charge in [0.15, 0.2) is 0 Å². The fourth-order valence-corrected chi connectivity index (χ4v) is 9.62. The average molecular weight is 756 g/mol. The van der Waals surface area contributed by atoms with Gasteiger partial charge in [0.05, 0.1) is 18.3 Å². The molecule has 53 heavy (non-hydrogen) atoms. The smallest absolute Gasteiger partial charge is 0.410 e. The fourth-order valence-electron chi connectivity index (χ4n) is 8.26. The molecule has 5 atom stereocenters. The van der Waals surface area contributed by atoms with Crippen LogP contribution in [0.25, 0.3) is 0 Å². The third-order valence-electron chi connectivity index (χ3n) is 11.9. The highest BCUT2D eigenvalue weighted by molar-refractivity contribution is 7.91. The first-order valence-electron chi connectivity index (χ1n) is 18.9. The summed E-state index contributed by atoms with van der Waals surface area (Å²) in [5.41, 5.74) is -0.969. The highest BCUT2D eigenvalue weighted by Gasteiger charge is 2.62. The molecule has 1 saturated heterocycles. The molecule has 1 aromatic rings. The molecule has 0 bridgehead atoms. The van der Waals surface area contributed by atoms with Crippen LogP contribution in [0.15, 0.2) is 30.4 Å². The molecule has 7 aliphatic rings. The van der Waals surface area contributed by atoms with Crippen molar-refractivity contribution in [2.45, 2.75) is 131 Å². The van der Waals surface area contributed by atoms with Crippen molar-refractivity contribution >= 4 is 39.9 Å². The van der Waals surface area contributed by atoms with Crippen molar-refractivity contribution in [1.82, 2.24) is 25.2 Å². The lowest BCUT2D eigenvalue weighted by Crippen LogP contribution is -2.58. The summed E-state index contributed by atoms with van der Waals surface area (Å²) in [6.45, 7) is -0.0273. The number of rotatable bonds is 7. The predicted octanol–water partition coefficient (Wildman–Crippen LogP) is 3.29. The summed E-state index contributed by atoms with van der Waals surface area (Å²) in [7, 11) is -3.92. The van der Waals surface area contributed by atoms with Gasteiger partial charge in [0, 0.05) is 24.4 Å². The van der Waals surface area contributed by atoms with E-state index in [1.165, 1.54) is 15.9 Å². The molecule has 3 heterocycles. The van der Waals surface area contributed by atoms with Gasteiger partial charge in [-0.25, -0.2) is 22.4 Å². The largest absolute Gasteiger partial charge is 0.444 e. The summed E-state index contributed by atoms with van der Waals surface area (Å²) in [6, 6.07) is 2.38. The Kier molecular flexibility index (Phi) is 9.17. The number of nitrogens with one attached hydrogen (secondary N) is 3. The van der Waals surface area contributed by atoms with E-state index in [2.05, 4.69) is 15.4 Å². The average Bonchev–Trinajstić information content (AvgIpc) is 3.91. The molecular formula is C37H46FN5O9S. The molecule has 8 rings (SSSR count). The van der Waals surface area contributed by atoms with E-state index < -0.39 is 86.2 Å². The van der Waals surface area contributed by atoms with Crippen LogP contribution in [-0.2, 0) is 47.0 Å². The summed E-state index contributed by atoms with van der Waals surface area (Å²) >= 11 is 0. The van der Waals surface area contributed by atoms with Gasteiger partial charge in [0.2, 0.25) is 21.8 Å². The van der Waals surface area contributed by atoms with Crippen molar-refractivity contribution in [3.63, 3.8) is 0 Å². The number of alkyl carbamates (subject to hydrolysis) is 1. The number of hydrogen-bond donors (Lipinski definition) is 3. The summed E-state index contributed by atoms with van der Waals surface area (Å²) < 4.78 is 53.9. The maximum absolute atomic E-state index is 14.4.